The van der Waals surface area contributed by atoms with Gasteiger partial charge in [0.1, 0.15) is 5.75 Å². The molecular formula is C16H13Cl2NO4. The van der Waals surface area contributed by atoms with Crippen LogP contribution in [0.3, 0.4) is 0 Å². The van der Waals surface area contributed by atoms with Crippen molar-refractivity contribution in [3.8, 4) is 17.2 Å². The van der Waals surface area contributed by atoms with E-state index in [0.29, 0.717) is 33.0 Å². The molecule has 0 spiro atoms. The molecule has 1 amide bonds. The van der Waals surface area contributed by atoms with Gasteiger partial charge in [-0.2, -0.15) is 0 Å². The maximum Gasteiger partial charge on any atom is 0.265 e. The quantitative estimate of drug-likeness (QED) is 0.897. The van der Waals surface area contributed by atoms with Gasteiger partial charge in [0.15, 0.2) is 17.6 Å². The molecule has 5 nitrogen and oxygen atoms in total. The minimum Gasteiger partial charge on any atom is -0.481 e. The number of carbonyl (C=O) groups is 1. The number of amides is 1. The predicted molar refractivity (Wildman–Crippen MR) is 87.7 cm³/mol. The number of nitrogens with one attached hydrogen (secondary N) is 1. The first-order valence-electron chi connectivity index (χ1n) is 6.85. The Morgan fingerprint density at radius 1 is 1.13 bits per heavy atom. The van der Waals surface area contributed by atoms with Gasteiger partial charge in [-0.15, -0.1) is 0 Å². The molecule has 0 aliphatic carbocycles. The van der Waals surface area contributed by atoms with E-state index in [-0.39, 0.29) is 12.7 Å². The van der Waals surface area contributed by atoms with E-state index in [9.17, 15) is 4.79 Å². The fourth-order valence-electron chi connectivity index (χ4n) is 2.03. The zero-order chi connectivity index (χ0) is 16.4. The minimum absolute atomic E-state index is 0.184. The molecule has 1 aliphatic heterocycles. The van der Waals surface area contributed by atoms with E-state index in [1.165, 1.54) is 0 Å². The number of fused-ring (bicyclic) bond motifs is 1. The van der Waals surface area contributed by atoms with E-state index < -0.39 is 6.10 Å². The van der Waals surface area contributed by atoms with Crippen LogP contribution in [0.4, 0.5) is 5.69 Å². The van der Waals surface area contributed by atoms with Gasteiger partial charge in [0.25, 0.3) is 5.91 Å². The molecule has 1 aliphatic rings. The number of ether oxygens (including phenoxy) is 3. The van der Waals surface area contributed by atoms with Gasteiger partial charge in [-0.25, -0.2) is 0 Å². The van der Waals surface area contributed by atoms with Gasteiger partial charge in [0.05, 0.1) is 10.0 Å². The summed E-state index contributed by atoms with van der Waals surface area (Å²) >= 11 is 11.8. The molecule has 0 fully saturated rings. The van der Waals surface area contributed by atoms with E-state index >= 15 is 0 Å². The number of rotatable bonds is 4. The van der Waals surface area contributed by atoms with Gasteiger partial charge in [-0.05, 0) is 31.2 Å². The van der Waals surface area contributed by atoms with Crippen LogP contribution in [-0.4, -0.2) is 18.8 Å². The first-order chi connectivity index (χ1) is 11.0. The molecule has 7 heteroatoms. The van der Waals surface area contributed by atoms with E-state index in [4.69, 9.17) is 37.4 Å². The van der Waals surface area contributed by atoms with Crippen LogP contribution >= 0.6 is 23.2 Å². The highest BCUT2D eigenvalue weighted by atomic mass is 35.5. The zero-order valence-electron chi connectivity index (χ0n) is 12.1. The Kier molecular flexibility index (Phi) is 4.50. The van der Waals surface area contributed by atoms with Crippen molar-refractivity contribution >= 4 is 34.8 Å². The molecule has 23 heavy (non-hydrogen) atoms. The fourth-order valence-corrected chi connectivity index (χ4v) is 2.31. The molecule has 0 saturated heterocycles. The van der Waals surface area contributed by atoms with Gasteiger partial charge in [0.2, 0.25) is 6.79 Å². The lowest BCUT2D eigenvalue weighted by Crippen LogP contribution is -2.30. The van der Waals surface area contributed by atoms with Gasteiger partial charge >= 0.3 is 0 Å². The van der Waals surface area contributed by atoms with Crippen LogP contribution in [0, 0.1) is 0 Å². The summed E-state index contributed by atoms with van der Waals surface area (Å²) in [6.45, 7) is 1.83. The topological polar surface area (TPSA) is 56.8 Å². The van der Waals surface area contributed by atoms with E-state index in [1.807, 2.05) is 0 Å². The molecule has 3 rings (SSSR count). The Labute approximate surface area is 143 Å². The highest BCUT2D eigenvalue weighted by Crippen LogP contribution is 2.34. The van der Waals surface area contributed by atoms with Crippen LogP contribution in [0.2, 0.25) is 10.0 Å². The van der Waals surface area contributed by atoms with Crippen LogP contribution in [0.5, 0.6) is 17.2 Å². The predicted octanol–water partition coefficient (Wildman–Crippen LogP) is 4.13. The van der Waals surface area contributed by atoms with Crippen molar-refractivity contribution in [2.24, 2.45) is 0 Å². The smallest absolute Gasteiger partial charge is 0.265 e. The Hall–Kier alpha value is -2.11. The first kappa shape index (κ1) is 15.8. The molecule has 1 N–H and O–H groups in total. The highest BCUT2D eigenvalue weighted by molar-refractivity contribution is 6.42. The van der Waals surface area contributed by atoms with Crippen molar-refractivity contribution in [3.05, 3.63) is 46.4 Å². The van der Waals surface area contributed by atoms with Gasteiger partial charge in [-0.3, -0.25) is 4.79 Å². The zero-order valence-corrected chi connectivity index (χ0v) is 13.6. The summed E-state index contributed by atoms with van der Waals surface area (Å²) in [5.41, 5.74) is 0.601. The maximum absolute atomic E-state index is 12.2. The molecule has 0 radical (unpaired) electrons. The number of hydrogen-bond donors (Lipinski definition) is 1. The Bertz CT molecular complexity index is 751. The number of anilines is 1. The van der Waals surface area contributed by atoms with Crippen LogP contribution in [-0.2, 0) is 4.79 Å². The lowest BCUT2D eigenvalue weighted by Gasteiger charge is -2.15. The van der Waals surface area contributed by atoms with E-state index in [1.54, 1.807) is 43.3 Å². The summed E-state index contributed by atoms with van der Waals surface area (Å²) in [4.78, 5) is 12.2. The van der Waals surface area contributed by atoms with Crippen molar-refractivity contribution in [1.29, 1.82) is 0 Å². The van der Waals surface area contributed by atoms with Crippen molar-refractivity contribution in [1.82, 2.24) is 0 Å². The molecule has 1 atom stereocenters. The summed E-state index contributed by atoms with van der Waals surface area (Å²) in [7, 11) is 0. The summed E-state index contributed by atoms with van der Waals surface area (Å²) in [5.74, 6) is 1.42. The van der Waals surface area contributed by atoms with Crippen LogP contribution in [0.15, 0.2) is 36.4 Å². The van der Waals surface area contributed by atoms with Crippen molar-refractivity contribution in [3.63, 3.8) is 0 Å². The average Bonchev–Trinajstić information content (AvgIpc) is 2.98. The molecule has 1 heterocycles. The lowest BCUT2D eigenvalue weighted by molar-refractivity contribution is -0.122. The second-order valence-corrected chi connectivity index (χ2v) is 5.71. The van der Waals surface area contributed by atoms with Gasteiger partial charge in [-0.1, -0.05) is 23.2 Å². The molecule has 0 aromatic heterocycles. The largest absolute Gasteiger partial charge is 0.481 e. The summed E-state index contributed by atoms with van der Waals surface area (Å²) in [6, 6.07) is 10.0. The third-order valence-electron chi connectivity index (χ3n) is 3.21. The second kappa shape index (κ2) is 6.56. The maximum atomic E-state index is 12.2. The molecule has 120 valence electrons. The Morgan fingerprint density at radius 2 is 1.91 bits per heavy atom. The third kappa shape index (κ3) is 3.63. The van der Waals surface area contributed by atoms with Crippen molar-refractivity contribution in [2.75, 3.05) is 12.1 Å². The molecular weight excluding hydrogens is 341 g/mol. The number of hydrogen-bond acceptors (Lipinski definition) is 4. The molecule has 0 saturated carbocycles. The third-order valence-corrected chi connectivity index (χ3v) is 3.95. The summed E-state index contributed by atoms with van der Waals surface area (Å²) in [6.07, 6.45) is -0.710. The molecule has 0 bridgehead atoms. The standard InChI is InChI=1S/C16H13Cl2NO4/c1-9(23-11-3-4-12(17)13(18)7-11)16(20)19-10-2-5-14-15(6-10)22-8-21-14/h2-7,9H,8H2,1H3,(H,19,20)/t9-/m1/s1. The van der Waals surface area contributed by atoms with Gasteiger partial charge < -0.3 is 19.5 Å². The second-order valence-electron chi connectivity index (χ2n) is 4.89. The molecule has 0 unspecified atom stereocenters. The van der Waals surface area contributed by atoms with E-state index in [0.717, 1.165) is 0 Å². The number of halogens is 2. The van der Waals surface area contributed by atoms with Gasteiger partial charge in [0, 0.05) is 17.8 Å². The normalized spacial score (nSPS) is 13.5. The SMILES string of the molecule is C[C@@H](Oc1ccc(Cl)c(Cl)c1)C(=O)Nc1ccc2c(c1)OCO2. The average molecular weight is 354 g/mol. The van der Waals surface area contributed by atoms with E-state index in [2.05, 4.69) is 5.32 Å². The monoisotopic (exact) mass is 353 g/mol. The minimum atomic E-state index is -0.710. The van der Waals surface area contributed by atoms with Crippen molar-refractivity contribution in [2.45, 2.75) is 13.0 Å². The summed E-state index contributed by atoms with van der Waals surface area (Å²) in [5, 5.41) is 3.55. The first-order valence-corrected chi connectivity index (χ1v) is 7.61. The molecule has 2 aromatic carbocycles. The van der Waals surface area contributed by atoms with Crippen LogP contribution < -0.4 is 19.5 Å². The fraction of sp³-hybridized carbons (Fsp3) is 0.188. The Morgan fingerprint density at radius 3 is 2.70 bits per heavy atom. The molecule has 2 aromatic rings. The van der Waals surface area contributed by atoms with Crippen LogP contribution in [0.1, 0.15) is 6.92 Å². The Balaban J connectivity index is 1.64. The van der Waals surface area contributed by atoms with Crippen LogP contribution in [0.25, 0.3) is 0 Å². The highest BCUT2D eigenvalue weighted by Gasteiger charge is 2.18. The van der Waals surface area contributed by atoms with Crippen molar-refractivity contribution < 1.29 is 19.0 Å². The number of benzene rings is 2. The summed E-state index contributed by atoms with van der Waals surface area (Å²) < 4.78 is 16.1. The lowest BCUT2D eigenvalue weighted by atomic mass is 10.2. The number of carbonyl (C=O) groups excluding carboxylic acids is 1.